The summed E-state index contributed by atoms with van der Waals surface area (Å²) >= 11 is 6.25. The molecule has 0 spiro atoms. The van der Waals surface area contributed by atoms with E-state index < -0.39 is 0 Å². The number of fused-ring (bicyclic) bond motifs is 5. The van der Waals surface area contributed by atoms with Crippen LogP contribution in [0.2, 0.25) is 5.02 Å². The molecule has 2 heteroatoms. The molecule has 4 aromatic rings. The Labute approximate surface area is 109 Å². The van der Waals surface area contributed by atoms with E-state index in [1.807, 2.05) is 12.1 Å². The first-order chi connectivity index (χ1) is 8.84. The third kappa shape index (κ3) is 1.22. The first kappa shape index (κ1) is 9.98. The number of hydrogen-bond donors (Lipinski definition) is 1. The van der Waals surface area contributed by atoms with Crippen LogP contribution in [-0.2, 0) is 0 Å². The quantitative estimate of drug-likeness (QED) is 0.446. The highest BCUT2D eigenvalue weighted by molar-refractivity contribution is 6.37. The lowest BCUT2D eigenvalue weighted by atomic mass is 10.0. The van der Waals surface area contributed by atoms with Crippen molar-refractivity contribution < 1.29 is 0 Å². The molecule has 0 amide bonds. The molecule has 0 aliphatic carbocycles. The highest BCUT2D eigenvalue weighted by atomic mass is 35.5. The Morgan fingerprint density at radius 2 is 1.61 bits per heavy atom. The minimum absolute atomic E-state index is 0.771. The molecule has 1 nitrogen and oxygen atoms in total. The van der Waals surface area contributed by atoms with Gasteiger partial charge in [-0.15, -0.1) is 0 Å². The number of rotatable bonds is 0. The third-order valence-corrected chi connectivity index (χ3v) is 3.79. The monoisotopic (exact) mass is 251 g/mol. The molecule has 0 unspecified atom stereocenters. The summed E-state index contributed by atoms with van der Waals surface area (Å²) in [6.07, 6.45) is 0. The van der Waals surface area contributed by atoms with Gasteiger partial charge in [0.15, 0.2) is 0 Å². The van der Waals surface area contributed by atoms with E-state index in [4.69, 9.17) is 11.6 Å². The van der Waals surface area contributed by atoms with Gasteiger partial charge in [0.25, 0.3) is 0 Å². The van der Waals surface area contributed by atoms with Crippen molar-refractivity contribution in [3.05, 3.63) is 59.6 Å². The Bertz CT molecular complexity index is 889. The lowest BCUT2D eigenvalue weighted by Gasteiger charge is -1.99. The zero-order valence-corrected chi connectivity index (χ0v) is 10.3. The molecule has 0 aliphatic rings. The van der Waals surface area contributed by atoms with Gasteiger partial charge in [-0.2, -0.15) is 0 Å². The van der Waals surface area contributed by atoms with Gasteiger partial charge in [0.05, 0.1) is 10.5 Å². The van der Waals surface area contributed by atoms with Crippen LogP contribution in [0.1, 0.15) is 0 Å². The Hall–Kier alpha value is -1.99. The Morgan fingerprint density at radius 1 is 0.778 bits per heavy atom. The van der Waals surface area contributed by atoms with Crippen molar-refractivity contribution in [2.75, 3.05) is 0 Å². The van der Waals surface area contributed by atoms with Gasteiger partial charge < -0.3 is 4.98 Å². The molecular formula is C16H10ClN. The van der Waals surface area contributed by atoms with Crippen molar-refractivity contribution in [2.45, 2.75) is 0 Å². The van der Waals surface area contributed by atoms with E-state index in [2.05, 4.69) is 47.4 Å². The van der Waals surface area contributed by atoms with E-state index in [1.165, 1.54) is 21.5 Å². The Morgan fingerprint density at radius 3 is 2.56 bits per heavy atom. The van der Waals surface area contributed by atoms with Crippen molar-refractivity contribution in [1.82, 2.24) is 4.98 Å². The molecule has 0 radical (unpaired) electrons. The Balaban J connectivity index is 2.37. The number of aromatic amines is 1. The summed E-state index contributed by atoms with van der Waals surface area (Å²) in [5.41, 5.74) is 2.15. The van der Waals surface area contributed by atoms with E-state index in [0.717, 1.165) is 16.1 Å². The molecule has 86 valence electrons. The zero-order chi connectivity index (χ0) is 12.1. The van der Waals surface area contributed by atoms with Crippen LogP contribution < -0.4 is 0 Å². The minimum atomic E-state index is 0.771. The van der Waals surface area contributed by atoms with Crippen LogP contribution in [-0.4, -0.2) is 4.98 Å². The zero-order valence-electron chi connectivity index (χ0n) is 9.57. The summed E-state index contributed by atoms with van der Waals surface area (Å²) < 4.78 is 0. The van der Waals surface area contributed by atoms with Crippen LogP contribution in [0.15, 0.2) is 54.6 Å². The molecule has 3 aromatic carbocycles. The smallest absolute Gasteiger partial charge is 0.0654 e. The van der Waals surface area contributed by atoms with Crippen LogP contribution in [0.5, 0.6) is 0 Å². The summed E-state index contributed by atoms with van der Waals surface area (Å²) in [5, 5.41) is 5.74. The average Bonchev–Trinajstić information content (AvgIpc) is 2.79. The van der Waals surface area contributed by atoms with Crippen molar-refractivity contribution >= 4 is 44.2 Å². The van der Waals surface area contributed by atoms with Gasteiger partial charge in [-0.1, -0.05) is 54.1 Å². The second-order valence-corrected chi connectivity index (χ2v) is 4.90. The first-order valence-electron chi connectivity index (χ1n) is 5.92. The summed E-state index contributed by atoms with van der Waals surface area (Å²) in [4.78, 5) is 3.41. The van der Waals surface area contributed by atoms with Gasteiger partial charge >= 0.3 is 0 Å². The van der Waals surface area contributed by atoms with Gasteiger partial charge in [0.1, 0.15) is 0 Å². The van der Waals surface area contributed by atoms with Crippen molar-refractivity contribution in [1.29, 1.82) is 0 Å². The number of H-pyrrole nitrogens is 1. The molecule has 0 fully saturated rings. The lowest BCUT2D eigenvalue weighted by molar-refractivity contribution is 1.55. The maximum atomic E-state index is 6.25. The van der Waals surface area contributed by atoms with Crippen LogP contribution in [0.4, 0.5) is 0 Å². The molecular weight excluding hydrogens is 242 g/mol. The summed E-state index contributed by atoms with van der Waals surface area (Å²) in [5.74, 6) is 0. The molecule has 18 heavy (non-hydrogen) atoms. The summed E-state index contributed by atoms with van der Waals surface area (Å²) in [7, 11) is 0. The Kier molecular flexibility index (Phi) is 1.94. The molecule has 0 bridgehead atoms. The van der Waals surface area contributed by atoms with Crippen molar-refractivity contribution in [3.8, 4) is 0 Å². The van der Waals surface area contributed by atoms with Gasteiger partial charge in [0, 0.05) is 16.3 Å². The SMILES string of the molecule is Clc1cccc2c1[nH]c1ccc3ccccc3c12. The summed E-state index contributed by atoms with van der Waals surface area (Å²) in [6, 6.07) is 18.7. The number of hydrogen-bond acceptors (Lipinski definition) is 0. The van der Waals surface area contributed by atoms with E-state index in [1.54, 1.807) is 0 Å². The fourth-order valence-corrected chi connectivity index (χ4v) is 2.88. The molecule has 0 saturated heterocycles. The second kappa shape index (κ2) is 3.50. The van der Waals surface area contributed by atoms with Crippen LogP contribution in [0.3, 0.4) is 0 Å². The summed E-state index contributed by atoms with van der Waals surface area (Å²) in [6.45, 7) is 0. The lowest BCUT2D eigenvalue weighted by Crippen LogP contribution is -1.73. The van der Waals surface area contributed by atoms with Gasteiger partial charge in [0.2, 0.25) is 0 Å². The maximum absolute atomic E-state index is 6.25. The number of nitrogens with one attached hydrogen (secondary N) is 1. The van der Waals surface area contributed by atoms with Gasteiger partial charge in [-0.25, -0.2) is 0 Å². The van der Waals surface area contributed by atoms with Crippen LogP contribution >= 0.6 is 11.6 Å². The van der Waals surface area contributed by atoms with E-state index in [-0.39, 0.29) is 0 Å². The fourth-order valence-electron chi connectivity index (χ4n) is 2.66. The van der Waals surface area contributed by atoms with Crippen molar-refractivity contribution in [2.24, 2.45) is 0 Å². The van der Waals surface area contributed by atoms with Crippen LogP contribution in [0, 0.1) is 0 Å². The topological polar surface area (TPSA) is 15.8 Å². The number of benzene rings is 3. The van der Waals surface area contributed by atoms with E-state index in [0.29, 0.717) is 0 Å². The molecule has 0 aliphatic heterocycles. The predicted molar refractivity (Wildman–Crippen MR) is 78.3 cm³/mol. The molecule has 0 atom stereocenters. The largest absolute Gasteiger partial charge is 0.353 e. The third-order valence-electron chi connectivity index (χ3n) is 3.47. The molecule has 1 aromatic heterocycles. The van der Waals surface area contributed by atoms with E-state index in [9.17, 15) is 0 Å². The first-order valence-corrected chi connectivity index (χ1v) is 6.30. The second-order valence-electron chi connectivity index (χ2n) is 4.50. The average molecular weight is 252 g/mol. The highest BCUT2D eigenvalue weighted by Crippen LogP contribution is 2.34. The van der Waals surface area contributed by atoms with Crippen LogP contribution in [0.25, 0.3) is 32.6 Å². The standard InChI is InChI=1S/C16H10ClN/c17-13-7-3-6-12-15-11-5-2-1-4-10(11)8-9-14(15)18-16(12)13/h1-9,18H. The minimum Gasteiger partial charge on any atom is -0.353 e. The molecule has 0 saturated carbocycles. The van der Waals surface area contributed by atoms with E-state index >= 15 is 0 Å². The van der Waals surface area contributed by atoms with Gasteiger partial charge in [-0.05, 0) is 22.9 Å². The molecule has 1 heterocycles. The predicted octanol–water partition coefficient (Wildman–Crippen LogP) is 5.13. The normalized spacial score (nSPS) is 11.6. The number of para-hydroxylation sites is 1. The van der Waals surface area contributed by atoms with Crippen molar-refractivity contribution in [3.63, 3.8) is 0 Å². The highest BCUT2D eigenvalue weighted by Gasteiger charge is 2.09. The number of aromatic nitrogens is 1. The molecule has 1 N–H and O–H groups in total. The molecule has 4 rings (SSSR count). The number of halogens is 1. The van der Waals surface area contributed by atoms with Gasteiger partial charge in [-0.3, -0.25) is 0 Å². The fraction of sp³-hybridized carbons (Fsp3) is 0. The maximum Gasteiger partial charge on any atom is 0.0654 e.